The zero-order chi connectivity index (χ0) is 20.8. The molecule has 11 heteroatoms. The van der Waals surface area contributed by atoms with Gasteiger partial charge in [0.15, 0.2) is 4.90 Å². The lowest BCUT2D eigenvalue weighted by Crippen LogP contribution is -2.73. The molecule has 0 aliphatic carbocycles. The van der Waals surface area contributed by atoms with E-state index < -0.39 is 38.9 Å². The maximum atomic E-state index is 14.2. The molecule has 0 amide bonds. The van der Waals surface area contributed by atoms with Crippen LogP contribution in [-0.2, 0) is 14.8 Å². The van der Waals surface area contributed by atoms with Gasteiger partial charge in [-0.05, 0) is 18.8 Å². The highest BCUT2D eigenvalue weighted by molar-refractivity contribution is 7.89. The standard InChI is InChI=1S/C18H22F4N2O4S/c19-14-5-13(28-17(21)22)6-15(20)16(14)29(25,26)24-10-18(11-24)8-23(9-18)7-12-1-3-27-4-2-12/h5-6,12,17H,1-4,7-11H2. The fraction of sp³-hybridized carbons (Fsp3) is 0.667. The Labute approximate surface area is 166 Å². The van der Waals surface area contributed by atoms with Crippen LogP contribution < -0.4 is 4.74 Å². The highest BCUT2D eigenvalue weighted by Crippen LogP contribution is 2.43. The fourth-order valence-electron chi connectivity index (χ4n) is 4.48. The van der Waals surface area contributed by atoms with Crippen LogP contribution >= 0.6 is 0 Å². The van der Waals surface area contributed by atoms with Crippen LogP contribution in [0.15, 0.2) is 17.0 Å². The Morgan fingerprint density at radius 3 is 2.24 bits per heavy atom. The molecule has 0 N–H and O–H groups in total. The van der Waals surface area contributed by atoms with E-state index in [0.717, 1.165) is 50.0 Å². The van der Waals surface area contributed by atoms with Crippen molar-refractivity contribution in [2.75, 3.05) is 45.9 Å². The molecule has 3 fully saturated rings. The number of nitrogens with zero attached hydrogens (tertiary/aromatic N) is 2. The molecule has 162 valence electrons. The third-order valence-electron chi connectivity index (χ3n) is 5.79. The van der Waals surface area contributed by atoms with Crippen LogP contribution in [0.2, 0.25) is 0 Å². The minimum absolute atomic E-state index is 0.177. The van der Waals surface area contributed by atoms with E-state index in [1.807, 2.05) is 0 Å². The Balaban J connectivity index is 1.37. The first-order chi connectivity index (χ1) is 13.7. The lowest BCUT2D eigenvalue weighted by Gasteiger charge is -2.60. The third kappa shape index (κ3) is 4.10. The molecule has 29 heavy (non-hydrogen) atoms. The zero-order valence-corrected chi connectivity index (χ0v) is 16.4. The van der Waals surface area contributed by atoms with Gasteiger partial charge in [-0.15, -0.1) is 0 Å². The molecule has 3 saturated heterocycles. The van der Waals surface area contributed by atoms with Gasteiger partial charge in [-0.25, -0.2) is 17.2 Å². The Morgan fingerprint density at radius 1 is 1.10 bits per heavy atom. The van der Waals surface area contributed by atoms with Crippen molar-refractivity contribution >= 4 is 10.0 Å². The first-order valence-electron chi connectivity index (χ1n) is 9.43. The molecular formula is C18H22F4N2O4S. The van der Waals surface area contributed by atoms with Crippen molar-refractivity contribution in [3.63, 3.8) is 0 Å². The Bertz CT molecular complexity index is 840. The van der Waals surface area contributed by atoms with Gasteiger partial charge >= 0.3 is 6.61 Å². The molecule has 4 rings (SSSR count). The SMILES string of the molecule is O=S(=O)(c1c(F)cc(OC(F)F)cc1F)N1CC2(CN(CC3CCOCC3)C2)C1. The summed E-state index contributed by atoms with van der Waals surface area (Å²) in [6, 6.07) is 0.910. The van der Waals surface area contributed by atoms with Crippen molar-refractivity contribution < 1.29 is 35.5 Å². The summed E-state index contributed by atoms with van der Waals surface area (Å²) in [4.78, 5) is 1.14. The average Bonchev–Trinajstić information content (AvgIpc) is 2.54. The number of sulfonamides is 1. The number of rotatable bonds is 6. The number of ether oxygens (including phenoxy) is 2. The fourth-order valence-corrected chi connectivity index (χ4v) is 6.24. The molecule has 1 aromatic carbocycles. The number of likely N-dealkylation sites (tertiary alicyclic amines) is 1. The van der Waals surface area contributed by atoms with Gasteiger partial charge in [-0.2, -0.15) is 13.1 Å². The summed E-state index contributed by atoms with van der Waals surface area (Å²) in [5.74, 6) is -3.08. The zero-order valence-electron chi connectivity index (χ0n) is 15.6. The first-order valence-corrected chi connectivity index (χ1v) is 10.9. The van der Waals surface area contributed by atoms with Crippen molar-refractivity contribution in [2.45, 2.75) is 24.3 Å². The molecular weight excluding hydrogens is 416 g/mol. The largest absolute Gasteiger partial charge is 0.435 e. The number of hydrogen-bond donors (Lipinski definition) is 0. The van der Waals surface area contributed by atoms with Gasteiger partial charge in [0, 0.05) is 63.5 Å². The first kappa shape index (κ1) is 20.8. The summed E-state index contributed by atoms with van der Waals surface area (Å²) in [7, 11) is -4.40. The molecule has 0 unspecified atom stereocenters. The minimum Gasteiger partial charge on any atom is -0.435 e. The molecule has 0 saturated carbocycles. The number of alkyl halides is 2. The maximum Gasteiger partial charge on any atom is 0.387 e. The predicted molar refractivity (Wildman–Crippen MR) is 94.2 cm³/mol. The maximum absolute atomic E-state index is 14.2. The van der Waals surface area contributed by atoms with E-state index in [0.29, 0.717) is 18.1 Å². The van der Waals surface area contributed by atoms with Crippen molar-refractivity contribution in [3.05, 3.63) is 23.8 Å². The van der Waals surface area contributed by atoms with Crippen molar-refractivity contribution in [3.8, 4) is 5.75 Å². The van der Waals surface area contributed by atoms with Crippen molar-refractivity contribution in [1.29, 1.82) is 0 Å². The smallest absolute Gasteiger partial charge is 0.387 e. The molecule has 3 heterocycles. The summed E-state index contributed by atoms with van der Waals surface area (Å²) in [5, 5.41) is 0. The van der Waals surface area contributed by atoms with Crippen LogP contribution in [0, 0.1) is 23.0 Å². The van der Waals surface area contributed by atoms with E-state index in [1.165, 1.54) is 0 Å². The summed E-state index contributed by atoms with van der Waals surface area (Å²) >= 11 is 0. The predicted octanol–water partition coefficient (Wildman–Crippen LogP) is 2.30. The summed E-state index contributed by atoms with van der Waals surface area (Å²) in [6.45, 7) is 1.11. The summed E-state index contributed by atoms with van der Waals surface area (Å²) in [6.07, 6.45) is 2.04. The molecule has 1 aromatic rings. The molecule has 3 aliphatic heterocycles. The molecule has 0 bridgehead atoms. The van der Waals surface area contributed by atoms with Gasteiger partial charge in [0.1, 0.15) is 17.4 Å². The summed E-state index contributed by atoms with van der Waals surface area (Å²) < 4.78 is 88.4. The van der Waals surface area contributed by atoms with Gasteiger partial charge in [-0.1, -0.05) is 0 Å². The van der Waals surface area contributed by atoms with Crippen LogP contribution in [0.4, 0.5) is 17.6 Å². The molecule has 0 atom stereocenters. The Morgan fingerprint density at radius 2 is 1.69 bits per heavy atom. The van der Waals surface area contributed by atoms with Crippen molar-refractivity contribution in [1.82, 2.24) is 9.21 Å². The van der Waals surface area contributed by atoms with Gasteiger partial charge < -0.3 is 14.4 Å². The third-order valence-corrected chi connectivity index (χ3v) is 7.64. The second-order valence-electron chi connectivity index (χ2n) is 8.09. The second-order valence-corrected chi connectivity index (χ2v) is 9.97. The number of hydrogen-bond acceptors (Lipinski definition) is 5. The highest BCUT2D eigenvalue weighted by Gasteiger charge is 2.55. The van der Waals surface area contributed by atoms with E-state index in [1.54, 1.807) is 0 Å². The molecule has 0 aromatic heterocycles. The Kier molecular flexibility index (Phi) is 5.51. The normalized spacial score (nSPS) is 23.2. The average molecular weight is 438 g/mol. The molecule has 0 radical (unpaired) electrons. The monoisotopic (exact) mass is 438 g/mol. The van der Waals surface area contributed by atoms with E-state index in [9.17, 15) is 26.0 Å². The van der Waals surface area contributed by atoms with E-state index in [2.05, 4.69) is 9.64 Å². The lowest BCUT2D eigenvalue weighted by molar-refractivity contribution is -0.0913. The van der Waals surface area contributed by atoms with Gasteiger partial charge in [-0.3, -0.25) is 0 Å². The van der Waals surface area contributed by atoms with E-state index >= 15 is 0 Å². The van der Waals surface area contributed by atoms with Gasteiger partial charge in [0.05, 0.1) is 0 Å². The van der Waals surface area contributed by atoms with Crippen LogP contribution in [0.25, 0.3) is 0 Å². The molecule has 3 aliphatic rings. The number of halogens is 4. The van der Waals surface area contributed by atoms with Gasteiger partial charge in [0.2, 0.25) is 10.0 Å². The Hall–Kier alpha value is -1.43. The second kappa shape index (κ2) is 7.68. The number of benzene rings is 1. The highest BCUT2D eigenvalue weighted by atomic mass is 32.2. The minimum atomic E-state index is -4.40. The summed E-state index contributed by atoms with van der Waals surface area (Å²) in [5.41, 5.74) is -0.177. The van der Waals surface area contributed by atoms with Crippen LogP contribution in [0.3, 0.4) is 0 Å². The molecule has 6 nitrogen and oxygen atoms in total. The quantitative estimate of drug-likeness (QED) is 0.638. The lowest BCUT2D eigenvalue weighted by atomic mass is 9.74. The van der Waals surface area contributed by atoms with Gasteiger partial charge in [0.25, 0.3) is 0 Å². The topological polar surface area (TPSA) is 59.1 Å². The van der Waals surface area contributed by atoms with E-state index in [-0.39, 0.29) is 18.5 Å². The van der Waals surface area contributed by atoms with Crippen LogP contribution in [-0.4, -0.2) is 70.2 Å². The van der Waals surface area contributed by atoms with Crippen LogP contribution in [0.5, 0.6) is 5.75 Å². The van der Waals surface area contributed by atoms with Crippen LogP contribution in [0.1, 0.15) is 12.8 Å². The van der Waals surface area contributed by atoms with Crippen molar-refractivity contribution in [2.24, 2.45) is 11.3 Å². The van der Waals surface area contributed by atoms with E-state index in [4.69, 9.17) is 4.74 Å². The molecule has 1 spiro atoms.